The summed E-state index contributed by atoms with van der Waals surface area (Å²) in [6, 6.07) is 64.1. The third-order valence-corrected chi connectivity index (χ3v) is 12.0. The largest absolute Gasteiger partial charge is 0.357 e. The molecule has 0 atom stereocenters. The van der Waals surface area contributed by atoms with Crippen LogP contribution in [0.2, 0.25) is 0 Å². The van der Waals surface area contributed by atoms with Crippen LogP contribution in [-0.2, 0) is 21.1 Å². The van der Waals surface area contributed by atoms with Crippen LogP contribution in [0.3, 0.4) is 0 Å². The minimum atomic E-state index is 0. The van der Waals surface area contributed by atoms with E-state index < -0.39 is 0 Å². The van der Waals surface area contributed by atoms with E-state index in [0.29, 0.717) is 11.8 Å². The molecular formula is C56H48N5Pt-. The second kappa shape index (κ2) is 16.7. The number of aryl methyl sites for hydroxylation is 2. The molecule has 0 saturated carbocycles. The zero-order chi connectivity index (χ0) is 41.8. The Morgan fingerprint density at radius 3 is 1.89 bits per heavy atom. The monoisotopic (exact) mass is 985 g/mol. The van der Waals surface area contributed by atoms with Gasteiger partial charge in [-0.2, -0.15) is 16.7 Å². The summed E-state index contributed by atoms with van der Waals surface area (Å²) in [5.41, 5.74) is 16.8. The molecule has 3 heterocycles. The van der Waals surface area contributed by atoms with Gasteiger partial charge in [-0.1, -0.05) is 136 Å². The summed E-state index contributed by atoms with van der Waals surface area (Å²) in [5, 5.41) is 2.29. The van der Waals surface area contributed by atoms with E-state index in [4.69, 9.17) is 4.98 Å². The molecule has 0 aliphatic carbocycles. The fraction of sp³-hybridized carbons (Fsp3) is 0.143. The summed E-state index contributed by atoms with van der Waals surface area (Å²) in [6.45, 7) is 13.5. The van der Waals surface area contributed by atoms with Gasteiger partial charge in [-0.15, -0.1) is 29.7 Å². The molecule has 308 valence electrons. The van der Waals surface area contributed by atoms with E-state index in [-0.39, 0.29) is 21.1 Å². The van der Waals surface area contributed by atoms with Gasteiger partial charge in [0, 0.05) is 56.3 Å². The number of anilines is 3. The summed E-state index contributed by atoms with van der Waals surface area (Å²) >= 11 is 0. The topological polar surface area (TPSA) is 30.9 Å². The first-order chi connectivity index (χ1) is 29.8. The zero-order valence-corrected chi connectivity index (χ0v) is 38.1. The van der Waals surface area contributed by atoms with Crippen LogP contribution in [-0.4, -0.2) is 18.7 Å². The van der Waals surface area contributed by atoms with Crippen molar-refractivity contribution in [2.24, 2.45) is 0 Å². The second-order valence-electron chi connectivity index (χ2n) is 16.7. The molecule has 3 aromatic heterocycles. The summed E-state index contributed by atoms with van der Waals surface area (Å²) in [5.74, 6) is 1.62. The van der Waals surface area contributed by atoms with Gasteiger partial charge in [-0.3, -0.25) is 0 Å². The van der Waals surface area contributed by atoms with Crippen molar-refractivity contribution in [3.8, 4) is 28.3 Å². The Hall–Kier alpha value is -6.55. The van der Waals surface area contributed by atoms with E-state index in [9.17, 15) is 0 Å². The molecule has 0 unspecified atom stereocenters. The second-order valence-corrected chi connectivity index (χ2v) is 16.7. The van der Waals surface area contributed by atoms with Gasteiger partial charge in [0.25, 0.3) is 0 Å². The number of fused-ring (bicyclic) bond motifs is 4. The smallest absolute Gasteiger partial charge is 0.168 e. The van der Waals surface area contributed by atoms with Crippen LogP contribution in [0.5, 0.6) is 0 Å². The van der Waals surface area contributed by atoms with Gasteiger partial charge in [0.15, 0.2) is 17.4 Å². The molecule has 0 bridgehead atoms. The molecule has 6 heteroatoms. The van der Waals surface area contributed by atoms with Gasteiger partial charge in [0.2, 0.25) is 0 Å². The molecule has 62 heavy (non-hydrogen) atoms. The van der Waals surface area contributed by atoms with Crippen LogP contribution in [0.1, 0.15) is 61.8 Å². The van der Waals surface area contributed by atoms with E-state index in [1.54, 1.807) is 0 Å². The molecule has 0 saturated heterocycles. The number of hydrogen-bond acceptors (Lipinski definition) is 2. The summed E-state index contributed by atoms with van der Waals surface area (Å²) < 4.78 is 6.77. The maximum atomic E-state index is 5.09. The number of aromatic nitrogens is 4. The van der Waals surface area contributed by atoms with Crippen LogP contribution in [0.4, 0.5) is 17.1 Å². The predicted octanol–water partition coefficient (Wildman–Crippen LogP) is 14.8. The van der Waals surface area contributed by atoms with Crippen LogP contribution < -0.4 is 4.90 Å². The minimum Gasteiger partial charge on any atom is -0.357 e. The van der Waals surface area contributed by atoms with Gasteiger partial charge >= 0.3 is 0 Å². The molecule has 7 aromatic carbocycles. The van der Waals surface area contributed by atoms with Gasteiger partial charge in [-0.25, -0.2) is 9.55 Å². The number of hydrogen-bond donors (Lipinski definition) is 0. The molecule has 0 radical (unpaired) electrons. The third kappa shape index (κ3) is 7.05. The Morgan fingerprint density at radius 2 is 1.18 bits per heavy atom. The van der Waals surface area contributed by atoms with Crippen molar-refractivity contribution in [2.75, 3.05) is 4.90 Å². The summed E-state index contributed by atoms with van der Waals surface area (Å²) in [7, 11) is 0. The number of rotatable bonds is 9. The third-order valence-electron chi connectivity index (χ3n) is 12.0. The number of para-hydroxylation sites is 5. The fourth-order valence-corrected chi connectivity index (χ4v) is 9.17. The SMILES string of the molecule is Cc1cccc(C)c1N(c1[c-]c(-n2[cH+]n(-c3ccccc3)c3ccccc32)ccc1)c1[c-]c2c(cc1)c1ccccc1n2-c1cc(-c2c(C(C)C)cccc2C(C)C)ccn1.[Pt]. The maximum absolute atomic E-state index is 5.09. The van der Waals surface area contributed by atoms with Crippen molar-refractivity contribution in [1.82, 2.24) is 18.7 Å². The van der Waals surface area contributed by atoms with Gasteiger partial charge < -0.3 is 9.47 Å². The van der Waals surface area contributed by atoms with Crippen LogP contribution in [0.25, 0.3) is 61.2 Å². The molecule has 10 aromatic rings. The molecule has 0 fully saturated rings. The summed E-state index contributed by atoms with van der Waals surface area (Å²) in [4.78, 5) is 7.41. The van der Waals surface area contributed by atoms with Crippen molar-refractivity contribution in [3.05, 3.63) is 205 Å². The van der Waals surface area contributed by atoms with Crippen LogP contribution >= 0.6 is 0 Å². The number of imidazole rings is 1. The van der Waals surface area contributed by atoms with E-state index in [0.717, 1.165) is 67.1 Å². The average molecular weight is 986 g/mol. The average Bonchev–Trinajstić information content (AvgIpc) is 3.84. The molecule has 5 nitrogen and oxygen atoms in total. The first-order valence-corrected chi connectivity index (χ1v) is 21.3. The Bertz CT molecular complexity index is 3200. The van der Waals surface area contributed by atoms with E-state index in [1.807, 2.05) is 6.20 Å². The van der Waals surface area contributed by atoms with E-state index >= 15 is 0 Å². The minimum absolute atomic E-state index is 0. The van der Waals surface area contributed by atoms with Crippen molar-refractivity contribution >= 4 is 49.9 Å². The van der Waals surface area contributed by atoms with E-state index in [2.05, 4.69) is 236 Å². The first kappa shape index (κ1) is 40.8. The van der Waals surface area contributed by atoms with Gasteiger partial charge in [0.05, 0.1) is 0 Å². The number of pyridine rings is 1. The van der Waals surface area contributed by atoms with Crippen molar-refractivity contribution in [2.45, 2.75) is 53.4 Å². The van der Waals surface area contributed by atoms with Crippen molar-refractivity contribution in [1.29, 1.82) is 0 Å². The first-order valence-electron chi connectivity index (χ1n) is 21.3. The molecule has 0 amide bonds. The molecule has 0 N–H and O–H groups in total. The van der Waals surface area contributed by atoms with Crippen molar-refractivity contribution < 1.29 is 21.1 Å². The van der Waals surface area contributed by atoms with Crippen LogP contribution in [0, 0.1) is 26.0 Å². The zero-order valence-electron chi connectivity index (χ0n) is 35.9. The maximum Gasteiger partial charge on any atom is 0.168 e. The molecule has 0 spiro atoms. The Morgan fingerprint density at radius 1 is 0.565 bits per heavy atom. The molecular weight excluding hydrogens is 938 g/mol. The number of benzene rings is 7. The quantitative estimate of drug-likeness (QED) is 0.135. The fourth-order valence-electron chi connectivity index (χ4n) is 9.17. The Balaban J connectivity index is 0.00000490. The van der Waals surface area contributed by atoms with Crippen LogP contribution in [0.15, 0.2) is 170 Å². The van der Waals surface area contributed by atoms with Crippen molar-refractivity contribution in [3.63, 3.8) is 0 Å². The normalized spacial score (nSPS) is 11.5. The summed E-state index contributed by atoms with van der Waals surface area (Å²) in [6.07, 6.45) is 4.13. The molecule has 10 rings (SSSR count). The molecule has 0 aliphatic heterocycles. The van der Waals surface area contributed by atoms with E-state index in [1.165, 1.54) is 33.4 Å². The predicted molar refractivity (Wildman–Crippen MR) is 255 cm³/mol. The van der Waals surface area contributed by atoms with Gasteiger partial charge in [0.1, 0.15) is 11.5 Å². The standard InChI is InChI=1S/C56H48N5.Pt/c1-37(2)46-24-16-25-47(38(3)4)55(46)41-31-32-57-54(33-41)61-50-26-11-10-23-48(50)49-30-29-45(35-53(49)61)60(56-39(5)17-14-18-40(56)6)44-22-15-21-43(34-44)59-36-58(42-19-8-7-9-20-42)51-27-12-13-28-52(51)59;/h7-33,36-38H,1-6H3;/q-1;. The number of nitrogens with zero attached hydrogens (tertiary/aromatic N) is 5. The molecule has 0 aliphatic rings. The Labute approximate surface area is 378 Å². The Kier molecular flexibility index (Phi) is 11.0. The van der Waals surface area contributed by atoms with Gasteiger partial charge in [-0.05, 0) is 94.8 Å².